The first-order valence-electron chi connectivity index (χ1n) is 6.48. The van der Waals surface area contributed by atoms with Crippen molar-refractivity contribution < 1.29 is 9.53 Å². The lowest BCUT2D eigenvalue weighted by Crippen LogP contribution is -2.36. The molecule has 120 valence electrons. The minimum absolute atomic E-state index is 0. The molecule has 0 bridgehead atoms. The molecule has 0 radical (unpaired) electrons. The Hall–Kier alpha value is -1.08. The summed E-state index contributed by atoms with van der Waals surface area (Å²) in [5, 5.41) is 5.63. The lowest BCUT2D eigenvalue weighted by Gasteiger charge is -2.27. The molecule has 0 aliphatic carbocycles. The van der Waals surface area contributed by atoms with Crippen LogP contribution in [0.5, 0.6) is 0 Å². The number of morpholine rings is 1. The molecular weight excluding hydrogens is 315 g/mol. The second-order valence-corrected chi connectivity index (χ2v) is 4.43. The van der Waals surface area contributed by atoms with Crippen molar-refractivity contribution in [3.8, 4) is 0 Å². The van der Waals surface area contributed by atoms with Crippen molar-refractivity contribution in [3.63, 3.8) is 0 Å². The first-order valence-corrected chi connectivity index (χ1v) is 6.48. The third-order valence-electron chi connectivity index (χ3n) is 2.97. The van der Waals surface area contributed by atoms with Gasteiger partial charge in [0.25, 0.3) is 0 Å². The van der Waals surface area contributed by atoms with Gasteiger partial charge in [0.15, 0.2) is 0 Å². The number of nitrogens with one attached hydrogen (secondary N) is 2. The third kappa shape index (κ3) is 6.48. The number of likely N-dealkylation sites (N-methyl/N-ethyl adjacent to an activating group) is 1. The summed E-state index contributed by atoms with van der Waals surface area (Å²) in [6.07, 6.45) is 1.81. The van der Waals surface area contributed by atoms with E-state index >= 15 is 0 Å². The summed E-state index contributed by atoms with van der Waals surface area (Å²) in [6, 6.07) is 3.99. The highest BCUT2D eigenvalue weighted by atomic mass is 35.5. The van der Waals surface area contributed by atoms with Gasteiger partial charge < -0.3 is 20.3 Å². The highest BCUT2D eigenvalue weighted by Crippen LogP contribution is 2.12. The molecule has 2 N–H and O–H groups in total. The summed E-state index contributed by atoms with van der Waals surface area (Å²) in [7, 11) is 1.75. The monoisotopic (exact) mass is 336 g/mol. The fraction of sp³-hybridized carbons (Fsp3) is 0.538. The maximum Gasteiger partial charge on any atom is 0.234 e. The van der Waals surface area contributed by atoms with Gasteiger partial charge in [-0.05, 0) is 18.7 Å². The van der Waals surface area contributed by atoms with Gasteiger partial charge in [0.05, 0.1) is 19.8 Å². The number of carbonyl (C=O) groups is 1. The minimum Gasteiger partial charge on any atom is -0.378 e. The summed E-state index contributed by atoms with van der Waals surface area (Å²) in [6.45, 7) is 4.11. The molecule has 0 unspecified atom stereocenters. The molecule has 21 heavy (non-hydrogen) atoms. The number of nitrogens with zero attached hydrogens (tertiary/aromatic N) is 2. The third-order valence-corrected chi connectivity index (χ3v) is 2.97. The van der Waals surface area contributed by atoms with Gasteiger partial charge in [-0.2, -0.15) is 0 Å². The SMILES string of the molecule is CNCC(=O)NCc1ccc(N2CCOCC2)nc1.Cl.Cl. The molecule has 1 aliphatic heterocycles. The Bertz CT molecular complexity index is 411. The van der Waals surface area contributed by atoms with E-state index in [1.165, 1.54) is 0 Å². The van der Waals surface area contributed by atoms with E-state index in [9.17, 15) is 4.79 Å². The predicted octanol–water partition coefficient (Wildman–Crippen LogP) is 0.597. The number of halogens is 2. The van der Waals surface area contributed by atoms with Gasteiger partial charge in [-0.1, -0.05) is 6.07 Å². The van der Waals surface area contributed by atoms with Crippen LogP contribution in [0.3, 0.4) is 0 Å². The molecule has 1 aromatic heterocycles. The van der Waals surface area contributed by atoms with E-state index in [1.807, 2.05) is 18.3 Å². The summed E-state index contributed by atoms with van der Waals surface area (Å²) >= 11 is 0. The predicted molar refractivity (Wildman–Crippen MR) is 87.5 cm³/mol. The van der Waals surface area contributed by atoms with Crippen LogP contribution < -0.4 is 15.5 Å². The number of aromatic nitrogens is 1. The fourth-order valence-electron chi connectivity index (χ4n) is 1.92. The first-order chi connectivity index (χ1) is 9.29. The van der Waals surface area contributed by atoms with Gasteiger partial charge in [0, 0.05) is 25.8 Å². The van der Waals surface area contributed by atoms with Gasteiger partial charge in [-0.25, -0.2) is 4.98 Å². The normalized spacial score (nSPS) is 13.9. The van der Waals surface area contributed by atoms with Crippen LogP contribution in [0.4, 0.5) is 5.82 Å². The number of rotatable bonds is 5. The van der Waals surface area contributed by atoms with E-state index in [1.54, 1.807) is 7.05 Å². The van der Waals surface area contributed by atoms with Crippen molar-refractivity contribution >= 4 is 36.5 Å². The molecule has 1 aliphatic rings. The number of ether oxygens (including phenoxy) is 1. The van der Waals surface area contributed by atoms with Gasteiger partial charge >= 0.3 is 0 Å². The van der Waals surface area contributed by atoms with Crippen LogP contribution in [0, 0.1) is 0 Å². The zero-order valence-corrected chi connectivity index (χ0v) is 13.6. The number of hydrogen-bond donors (Lipinski definition) is 2. The lowest BCUT2D eigenvalue weighted by atomic mass is 10.2. The fourth-order valence-corrected chi connectivity index (χ4v) is 1.92. The van der Waals surface area contributed by atoms with E-state index in [4.69, 9.17) is 4.74 Å². The Morgan fingerprint density at radius 2 is 2.05 bits per heavy atom. The van der Waals surface area contributed by atoms with Crippen LogP contribution >= 0.6 is 24.8 Å². The first kappa shape index (κ1) is 19.9. The van der Waals surface area contributed by atoms with Crippen LogP contribution in [0.15, 0.2) is 18.3 Å². The number of pyridine rings is 1. The average Bonchev–Trinajstić information content (AvgIpc) is 2.47. The molecule has 0 spiro atoms. The maximum atomic E-state index is 11.3. The molecule has 0 aromatic carbocycles. The Labute approximate surface area is 137 Å². The molecule has 1 fully saturated rings. The number of amides is 1. The zero-order chi connectivity index (χ0) is 13.5. The Balaban J connectivity index is 0.00000200. The topological polar surface area (TPSA) is 66.5 Å². The van der Waals surface area contributed by atoms with E-state index < -0.39 is 0 Å². The molecule has 1 aromatic rings. The smallest absolute Gasteiger partial charge is 0.234 e. The van der Waals surface area contributed by atoms with Gasteiger partial charge in [0.2, 0.25) is 5.91 Å². The second-order valence-electron chi connectivity index (χ2n) is 4.43. The van der Waals surface area contributed by atoms with E-state index in [-0.39, 0.29) is 30.7 Å². The molecule has 1 saturated heterocycles. The van der Waals surface area contributed by atoms with Crippen LogP contribution in [0.1, 0.15) is 5.56 Å². The largest absolute Gasteiger partial charge is 0.378 e. The quantitative estimate of drug-likeness (QED) is 0.824. The van der Waals surface area contributed by atoms with E-state index in [2.05, 4.69) is 20.5 Å². The van der Waals surface area contributed by atoms with E-state index in [0.717, 1.165) is 37.7 Å². The second kappa shape index (κ2) is 10.6. The number of hydrogen-bond acceptors (Lipinski definition) is 5. The van der Waals surface area contributed by atoms with Gasteiger partial charge in [0.1, 0.15) is 5.82 Å². The molecule has 0 atom stereocenters. The summed E-state index contributed by atoms with van der Waals surface area (Å²) in [5.74, 6) is 0.952. The Kier molecular flexibility index (Phi) is 10.1. The van der Waals surface area contributed by atoms with Gasteiger partial charge in [-0.3, -0.25) is 4.79 Å². The molecular formula is C13H22Cl2N4O2. The maximum absolute atomic E-state index is 11.3. The highest BCUT2D eigenvalue weighted by molar-refractivity contribution is 5.85. The zero-order valence-electron chi connectivity index (χ0n) is 12.0. The van der Waals surface area contributed by atoms with E-state index in [0.29, 0.717) is 13.1 Å². The van der Waals surface area contributed by atoms with Crippen molar-refractivity contribution in [1.82, 2.24) is 15.6 Å². The van der Waals surface area contributed by atoms with Crippen molar-refractivity contribution in [3.05, 3.63) is 23.9 Å². The average molecular weight is 337 g/mol. The van der Waals surface area contributed by atoms with Crippen LogP contribution in [-0.2, 0) is 16.1 Å². The van der Waals surface area contributed by atoms with Crippen molar-refractivity contribution in [2.24, 2.45) is 0 Å². The van der Waals surface area contributed by atoms with Crippen molar-refractivity contribution in [2.75, 3.05) is 44.8 Å². The highest BCUT2D eigenvalue weighted by Gasteiger charge is 2.11. The van der Waals surface area contributed by atoms with Gasteiger partial charge in [-0.15, -0.1) is 24.8 Å². The molecule has 8 heteroatoms. The van der Waals surface area contributed by atoms with Crippen LogP contribution in [0.2, 0.25) is 0 Å². The Morgan fingerprint density at radius 3 is 2.62 bits per heavy atom. The van der Waals surface area contributed by atoms with Crippen LogP contribution in [-0.4, -0.2) is 50.8 Å². The molecule has 0 saturated carbocycles. The van der Waals surface area contributed by atoms with Crippen molar-refractivity contribution in [2.45, 2.75) is 6.54 Å². The Morgan fingerprint density at radius 1 is 1.33 bits per heavy atom. The number of anilines is 1. The summed E-state index contributed by atoms with van der Waals surface area (Å²) in [4.78, 5) is 17.9. The van der Waals surface area contributed by atoms with Crippen molar-refractivity contribution in [1.29, 1.82) is 0 Å². The summed E-state index contributed by atoms with van der Waals surface area (Å²) < 4.78 is 5.31. The standard InChI is InChI=1S/C13H20N4O2.2ClH/c1-14-10-13(18)16-9-11-2-3-12(15-8-11)17-4-6-19-7-5-17;;/h2-3,8,14H,4-7,9-10H2,1H3,(H,16,18);2*1H. The van der Waals surface area contributed by atoms with Crippen LogP contribution in [0.25, 0.3) is 0 Å². The molecule has 2 rings (SSSR count). The number of carbonyl (C=O) groups excluding carboxylic acids is 1. The molecule has 1 amide bonds. The summed E-state index contributed by atoms with van der Waals surface area (Å²) in [5.41, 5.74) is 1.00. The molecule has 2 heterocycles. The lowest BCUT2D eigenvalue weighted by molar-refractivity contribution is -0.120. The molecule has 6 nitrogen and oxygen atoms in total. The minimum atomic E-state index is -0.0141.